The van der Waals surface area contributed by atoms with Gasteiger partial charge in [-0.25, -0.2) is 4.98 Å². The van der Waals surface area contributed by atoms with Crippen molar-refractivity contribution in [3.05, 3.63) is 59.2 Å². The van der Waals surface area contributed by atoms with Crippen LogP contribution in [-0.4, -0.2) is 34.8 Å². The van der Waals surface area contributed by atoms with Crippen LogP contribution in [0.2, 0.25) is 5.02 Å². The largest absolute Gasteiger partial charge is 0.342 e. The summed E-state index contributed by atoms with van der Waals surface area (Å²) in [5.41, 5.74) is 0.767. The number of piperidine rings is 1. The van der Waals surface area contributed by atoms with Gasteiger partial charge in [-0.05, 0) is 43.4 Å². The highest BCUT2D eigenvalue weighted by atomic mass is 35.5. The summed E-state index contributed by atoms with van der Waals surface area (Å²) in [6, 6.07) is 13.5. The minimum Gasteiger partial charge on any atom is -0.342 e. The molecule has 5 nitrogen and oxygen atoms in total. The summed E-state index contributed by atoms with van der Waals surface area (Å²) in [6.45, 7) is 1.25. The summed E-state index contributed by atoms with van der Waals surface area (Å²) in [6.07, 6.45) is 5.79. The van der Waals surface area contributed by atoms with Gasteiger partial charge in [0.1, 0.15) is 5.82 Å². The Labute approximate surface area is 170 Å². The molecule has 0 atom stereocenters. The van der Waals surface area contributed by atoms with Gasteiger partial charge in [0.15, 0.2) is 0 Å². The second kappa shape index (κ2) is 7.92. The number of halogens is 1. The number of likely N-dealkylation sites (tertiary alicyclic amines) is 1. The number of hydrogen-bond donors (Lipinski definition) is 1. The number of nitrogens with one attached hydrogen (secondary N) is 1. The molecule has 6 heteroatoms. The standard InChI is InChI=1S/C22H24ClN3O2/c23-18-7-8-19(24-15-18)25-20(27)16-9-13-26(14-10-16)21(28)22(11-4-12-22)17-5-2-1-3-6-17/h1-3,5-8,15-16H,4,9-14H2,(H,24,25,27). The van der Waals surface area contributed by atoms with E-state index in [0.717, 1.165) is 24.8 Å². The SMILES string of the molecule is O=C(Nc1ccc(Cl)cn1)C1CCN(C(=O)C2(c3ccccc3)CCC2)CC1. The maximum Gasteiger partial charge on any atom is 0.233 e. The molecule has 2 fully saturated rings. The maximum absolute atomic E-state index is 13.3. The van der Waals surface area contributed by atoms with Crippen LogP contribution in [0.1, 0.15) is 37.7 Å². The number of rotatable bonds is 4. The summed E-state index contributed by atoms with van der Waals surface area (Å²) in [4.78, 5) is 31.9. The Balaban J connectivity index is 1.36. The van der Waals surface area contributed by atoms with Crippen molar-refractivity contribution in [3.8, 4) is 0 Å². The molecule has 2 aliphatic rings. The molecule has 1 aliphatic carbocycles. The van der Waals surface area contributed by atoms with E-state index in [-0.39, 0.29) is 23.1 Å². The average molecular weight is 398 g/mol. The molecule has 1 aromatic heterocycles. The number of amides is 2. The van der Waals surface area contributed by atoms with Crippen LogP contribution in [0.4, 0.5) is 5.82 Å². The van der Waals surface area contributed by atoms with Crippen molar-refractivity contribution >= 4 is 29.2 Å². The molecular formula is C22H24ClN3O2. The predicted octanol–water partition coefficient (Wildman–Crippen LogP) is 4.03. The van der Waals surface area contributed by atoms with Gasteiger partial charge in [0, 0.05) is 25.2 Å². The van der Waals surface area contributed by atoms with Crippen molar-refractivity contribution in [2.75, 3.05) is 18.4 Å². The first-order valence-corrected chi connectivity index (χ1v) is 10.2. The molecule has 1 N–H and O–H groups in total. The zero-order chi connectivity index (χ0) is 19.6. The van der Waals surface area contributed by atoms with Crippen molar-refractivity contribution < 1.29 is 9.59 Å². The molecule has 1 saturated heterocycles. The normalized spacial score (nSPS) is 19.0. The average Bonchev–Trinajstić information content (AvgIpc) is 2.70. The van der Waals surface area contributed by atoms with E-state index in [1.54, 1.807) is 12.1 Å². The Kier molecular flexibility index (Phi) is 5.36. The van der Waals surface area contributed by atoms with Gasteiger partial charge in [-0.2, -0.15) is 0 Å². The predicted molar refractivity (Wildman–Crippen MR) is 109 cm³/mol. The van der Waals surface area contributed by atoms with Crippen LogP contribution in [0.3, 0.4) is 0 Å². The summed E-state index contributed by atoms with van der Waals surface area (Å²) < 4.78 is 0. The second-order valence-electron chi connectivity index (χ2n) is 7.72. The van der Waals surface area contributed by atoms with Crippen LogP contribution in [0.5, 0.6) is 0 Å². The van der Waals surface area contributed by atoms with Crippen LogP contribution in [0.25, 0.3) is 0 Å². The molecule has 0 radical (unpaired) electrons. The lowest BCUT2D eigenvalue weighted by atomic mass is 9.63. The van der Waals surface area contributed by atoms with Crippen molar-refractivity contribution in [3.63, 3.8) is 0 Å². The summed E-state index contributed by atoms with van der Waals surface area (Å²) in [5, 5.41) is 3.38. The van der Waals surface area contributed by atoms with Crippen LogP contribution in [-0.2, 0) is 15.0 Å². The van der Waals surface area contributed by atoms with E-state index in [9.17, 15) is 9.59 Å². The highest BCUT2D eigenvalue weighted by molar-refractivity contribution is 6.30. The minimum atomic E-state index is -0.358. The van der Waals surface area contributed by atoms with E-state index in [4.69, 9.17) is 11.6 Å². The molecule has 28 heavy (non-hydrogen) atoms. The maximum atomic E-state index is 13.3. The van der Waals surface area contributed by atoms with Gasteiger partial charge in [-0.1, -0.05) is 48.4 Å². The Bertz CT molecular complexity index is 842. The molecule has 1 saturated carbocycles. The highest BCUT2D eigenvalue weighted by Gasteiger charge is 2.48. The van der Waals surface area contributed by atoms with Crippen molar-refractivity contribution in [1.82, 2.24) is 9.88 Å². The molecule has 2 heterocycles. The van der Waals surface area contributed by atoms with Crippen molar-refractivity contribution in [2.45, 2.75) is 37.5 Å². The quantitative estimate of drug-likeness (QED) is 0.847. The summed E-state index contributed by atoms with van der Waals surface area (Å²) in [5.74, 6) is 0.590. The lowest BCUT2D eigenvalue weighted by Crippen LogP contribution is -2.53. The molecule has 146 valence electrons. The zero-order valence-corrected chi connectivity index (χ0v) is 16.5. The van der Waals surface area contributed by atoms with E-state index in [2.05, 4.69) is 22.4 Å². The van der Waals surface area contributed by atoms with E-state index in [1.165, 1.54) is 6.20 Å². The summed E-state index contributed by atoms with van der Waals surface area (Å²) in [7, 11) is 0. The van der Waals surface area contributed by atoms with Gasteiger partial charge < -0.3 is 10.2 Å². The number of aromatic nitrogens is 1. The number of pyridine rings is 1. The van der Waals surface area contributed by atoms with Gasteiger partial charge in [-0.3, -0.25) is 9.59 Å². The lowest BCUT2D eigenvalue weighted by Gasteiger charge is -2.45. The van der Waals surface area contributed by atoms with Gasteiger partial charge in [0.05, 0.1) is 10.4 Å². The number of benzene rings is 1. The van der Waals surface area contributed by atoms with Crippen molar-refractivity contribution in [1.29, 1.82) is 0 Å². The molecule has 4 rings (SSSR count). The fourth-order valence-corrected chi connectivity index (χ4v) is 4.35. The third-order valence-corrected chi connectivity index (χ3v) is 6.30. The third-order valence-electron chi connectivity index (χ3n) is 6.07. The minimum absolute atomic E-state index is 0.0386. The first kappa shape index (κ1) is 18.9. The fourth-order valence-electron chi connectivity index (χ4n) is 4.24. The second-order valence-corrected chi connectivity index (χ2v) is 8.16. The number of hydrogen-bond acceptors (Lipinski definition) is 3. The Hall–Kier alpha value is -2.40. The number of nitrogens with zero attached hydrogens (tertiary/aromatic N) is 2. The topological polar surface area (TPSA) is 62.3 Å². The molecule has 2 amide bonds. The Morgan fingerprint density at radius 1 is 1.07 bits per heavy atom. The van der Waals surface area contributed by atoms with E-state index in [0.29, 0.717) is 36.8 Å². The smallest absolute Gasteiger partial charge is 0.233 e. The molecule has 1 aromatic carbocycles. The highest BCUT2D eigenvalue weighted by Crippen LogP contribution is 2.45. The number of anilines is 1. The van der Waals surface area contributed by atoms with Gasteiger partial charge in [0.2, 0.25) is 11.8 Å². The lowest BCUT2D eigenvalue weighted by molar-refractivity contribution is -0.143. The van der Waals surface area contributed by atoms with E-state index in [1.807, 2.05) is 23.1 Å². The monoisotopic (exact) mass is 397 g/mol. The number of carbonyl (C=O) groups is 2. The van der Waals surface area contributed by atoms with Crippen LogP contribution in [0, 0.1) is 5.92 Å². The molecule has 1 aliphatic heterocycles. The van der Waals surface area contributed by atoms with Crippen molar-refractivity contribution in [2.24, 2.45) is 5.92 Å². The molecule has 2 aromatic rings. The Morgan fingerprint density at radius 3 is 2.36 bits per heavy atom. The van der Waals surface area contributed by atoms with E-state index >= 15 is 0 Å². The number of carbonyl (C=O) groups excluding carboxylic acids is 2. The van der Waals surface area contributed by atoms with Gasteiger partial charge in [-0.15, -0.1) is 0 Å². The Morgan fingerprint density at radius 2 is 1.79 bits per heavy atom. The van der Waals surface area contributed by atoms with E-state index < -0.39 is 0 Å². The third kappa shape index (κ3) is 3.63. The molecule has 0 unspecified atom stereocenters. The van der Waals surface area contributed by atoms with Gasteiger partial charge in [0.25, 0.3) is 0 Å². The van der Waals surface area contributed by atoms with Crippen LogP contribution >= 0.6 is 11.6 Å². The van der Waals surface area contributed by atoms with Crippen LogP contribution < -0.4 is 5.32 Å². The zero-order valence-electron chi connectivity index (χ0n) is 15.7. The summed E-state index contributed by atoms with van der Waals surface area (Å²) >= 11 is 5.83. The molecule has 0 spiro atoms. The first-order valence-electron chi connectivity index (χ1n) is 9.86. The first-order chi connectivity index (χ1) is 13.6. The molecular weight excluding hydrogens is 374 g/mol. The molecule has 0 bridgehead atoms. The van der Waals surface area contributed by atoms with Gasteiger partial charge >= 0.3 is 0 Å². The fraction of sp³-hybridized carbons (Fsp3) is 0.409. The van der Waals surface area contributed by atoms with Crippen LogP contribution in [0.15, 0.2) is 48.7 Å².